The van der Waals surface area contributed by atoms with Gasteiger partial charge in [0.2, 0.25) is 15.9 Å². The number of aliphatic hydroxyl groups excluding tert-OH is 1. The number of primary amides is 1. The monoisotopic (exact) mass is 383 g/mol. The van der Waals surface area contributed by atoms with Crippen molar-refractivity contribution >= 4 is 15.9 Å². The van der Waals surface area contributed by atoms with Crippen LogP contribution in [0, 0.1) is 5.41 Å². The summed E-state index contributed by atoms with van der Waals surface area (Å²) in [5, 5.41) is 9.93. The van der Waals surface area contributed by atoms with E-state index < -0.39 is 21.3 Å². The Hall–Kier alpha value is -1.48. The maximum absolute atomic E-state index is 12.3. The fourth-order valence-corrected chi connectivity index (χ4v) is 4.33. The van der Waals surface area contributed by atoms with Gasteiger partial charge in [-0.15, -0.1) is 0 Å². The number of nitrogens with two attached hydrogens (primary N) is 1. The van der Waals surface area contributed by atoms with Gasteiger partial charge in [-0.25, -0.2) is 8.42 Å². The van der Waals surface area contributed by atoms with Crippen LogP contribution >= 0.6 is 0 Å². The number of hydrogen-bond donors (Lipinski definition) is 2. The van der Waals surface area contributed by atoms with Gasteiger partial charge in [0.1, 0.15) is 0 Å². The second-order valence-corrected chi connectivity index (χ2v) is 9.16. The summed E-state index contributed by atoms with van der Waals surface area (Å²) in [5.74, 6) is -0.811. The first-order valence-corrected chi connectivity index (χ1v) is 10.7. The molecule has 26 heavy (non-hydrogen) atoms. The number of piperazine rings is 1. The Balaban J connectivity index is 2.05. The predicted molar refractivity (Wildman–Crippen MR) is 101 cm³/mol. The van der Waals surface area contributed by atoms with Crippen molar-refractivity contribution in [2.24, 2.45) is 11.1 Å². The first-order chi connectivity index (χ1) is 12.2. The lowest BCUT2D eigenvalue weighted by molar-refractivity contribution is -0.129. The summed E-state index contributed by atoms with van der Waals surface area (Å²) in [4.78, 5) is 14.4. The summed E-state index contributed by atoms with van der Waals surface area (Å²) in [6, 6.07) is 9.44. The third-order valence-electron chi connectivity index (χ3n) is 5.46. The summed E-state index contributed by atoms with van der Waals surface area (Å²) in [6.07, 6.45) is 1.72. The van der Waals surface area contributed by atoms with E-state index in [1.54, 1.807) is 6.92 Å². The van der Waals surface area contributed by atoms with Gasteiger partial charge in [-0.1, -0.05) is 37.3 Å². The molecule has 1 fully saturated rings. The quantitative estimate of drug-likeness (QED) is 0.668. The van der Waals surface area contributed by atoms with Gasteiger partial charge < -0.3 is 15.7 Å². The molecule has 0 aliphatic carbocycles. The first kappa shape index (κ1) is 20.8. The van der Waals surface area contributed by atoms with Gasteiger partial charge in [0.25, 0.3) is 0 Å². The second kappa shape index (κ2) is 8.47. The van der Waals surface area contributed by atoms with Crippen molar-refractivity contribution in [1.82, 2.24) is 9.21 Å². The molecule has 146 valence electrons. The molecule has 0 aromatic heterocycles. The lowest BCUT2D eigenvalue weighted by atomic mass is 9.71. The molecule has 0 bridgehead atoms. The molecule has 1 unspecified atom stereocenters. The van der Waals surface area contributed by atoms with Crippen LogP contribution in [0.15, 0.2) is 30.3 Å². The Labute approximate surface area is 155 Å². The zero-order chi connectivity index (χ0) is 19.4. The third-order valence-corrected chi connectivity index (χ3v) is 6.77. The lowest BCUT2D eigenvalue weighted by Gasteiger charge is -2.38. The molecule has 1 aliphatic heterocycles. The van der Waals surface area contributed by atoms with Crippen LogP contribution < -0.4 is 5.73 Å². The molecule has 0 spiro atoms. The predicted octanol–water partition coefficient (Wildman–Crippen LogP) is 0.221. The van der Waals surface area contributed by atoms with E-state index in [2.05, 4.69) is 4.90 Å². The Bertz CT molecular complexity index is 702. The zero-order valence-electron chi connectivity index (χ0n) is 15.5. The van der Waals surface area contributed by atoms with Gasteiger partial charge in [-0.3, -0.25) is 4.79 Å². The fraction of sp³-hybridized carbons (Fsp3) is 0.611. The molecule has 2 rings (SSSR count). The highest BCUT2D eigenvalue weighted by Gasteiger charge is 2.40. The average Bonchev–Trinajstić information content (AvgIpc) is 2.61. The van der Waals surface area contributed by atoms with Crippen molar-refractivity contribution in [3.63, 3.8) is 0 Å². The fourth-order valence-electron chi connectivity index (χ4n) is 3.50. The van der Waals surface area contributed by atoms with E-state index in [4.69, 9.17) is 5.73 Å². The summed E-state index contributed by atoms with van der Waals surface area (Å²) >= 11 is 0. The van der Waals surface area contributed by atoms with Gasteiger partial charge in [0.15, 0.2) is 0 Å². The number of amides is 1. The molecular weight excluding hydrogens is 354 g/mol. The van der Waals surface area contributed by atoms with Crippen LogP contribution in [0.1, 0.15) is 24.8 Å². The maximum atomic E-state index is 12.3. The molecule has 1 heterocycles. The zero-order valence-corrected chi connectivity index (χ0v) is 16.3. The van der Waals surface area contributed by atoms with Gasteiger partial charge >= 0.3 is 0 Å². The molecule has 1 saturated heterocycles. The first-order valence-electron chi connectivity index (χ1n) is 8.81. The molecule has 7 nitrogen and oxygen atoms in total. The number of hydrogen-bond acceptors (Lipinski definition) is 5. The average molecular weight is 384 g/mol. The maximum Gasteiger partial charge on any atom is 0.224 e. The van der Waals surface area contributed by atoms with Crippen LogP contribution in [0.25, 0.3) is 0 Å². The molecule has 2 atom stereocenters. The molecule has 1 aromatic rings. The lowest BCUT2D eigenvalue weighted by Crippen LogP contribution is -2.50. The van der Waals surface area contributed by atoms with Crippen LogP contribution in [0.2, 0.25) is 0 Å². The standard InChI is InChI=1S/C18H29N3O4S/c1-18(17(19)23,16(14-22)15-6-4-3-5-7-15)8-9-20-10-12-21(13-11-20)26(2,24)25/h3-7,16,22H,8-14H2,1-2H3,(H2,19,23)/t16-,18?/m1/s1. The van der Waals surface area contributed by atoms with Crippen molar-refractivity contribution < 1.29 is 18.3 Å². The van der Waals surface area contributed by atoms with Gasteiger partial charge in [0.05, 0.1) is 18.3 Å². The van der Waals surface area contributed by atoms with Crippen LogP contribution in [0.3, 0.4) is 0 Å². The summed E-state index contributed by atoms with van der Waals surface area (Å²) in [5.41, 5.74) is 5.73. The molecule has 1 aliphatic rings. The smallest absolute Gasteiger partial charge is 0.224 e. The van der Waals surface area contributed by atoms with E-state index in [1.807, 2.05) is 30.3 Å². The highest BCUT2D eigenvalue weighted by molar-refractivity contribution is 7.88. The number of carbonyl (C=O) groups excluding carboxylic acids is 1. The topological polar surface area (TPSA) is 104 Å². The van der Waals surface area contributed by atoms with Crippen molar-refractivity contribution in [2.75, 3.05) is 45.6 Å². The molecule has 0 saturated carbocycles. The molecule has 0 radical (unpaired) electrons. The highest BCUT2D eigenvalue weighted by atomic mass is 32.2. The minimum absolute atomic E-state index is 0.161. The van der Waals surface area contributed by atoms with Gasteiger partial charge in [-0.05, 0) is 18.5 Å². The van der Waals surface area contributed by atoms with Crippen LogP contribution in [0.4, 0.5) is 0 Å². The molecule has 3 N–H and O–H groups in total. The van der Waals surface area contributed by atoms with Crippen molar-refractivity contribution in [2.45, 2.75) is 19.3 Å². The van der Waals surface area contributed by atoms with Crippen LogP contribution in [0.5, 0.6) is 0 Å². The molecule has 1 amide bonds. The van der Waals surface area contributed by atoms with Crippen molar-refractivity contribution in [3.05, 3.63) is 35.9 Å². The Morgan fingerprint density at radius 3 is 2.27 bits per heavy atom. The van der Waals surface area contributed by atoms with E-state index in [1.165, 1.54) is 10.6 Å². The largest absolute Gasteiger partial charge is 0.396 e. The van der Waals surface area contributed by atoms with Crippen LogP contribution in [-0.4, -0.2) is 74.2 Å². The second-order valence-electron chi connectivity index (χ2n) is 7.18. The Morgan fingerprint density at radius 1 is 1.23 bits per heavy atom. The van der Waals surface area contributed by atoms with E-state index in [-0.39, 0.29) is 12.5 Å². The number of carbonyl (C=O) groups is 1. The minimum atomic E-state index is -3.16. The van der Waals surface area contributed by atoms with E-state index >= 15 is 0 Å². The highest BCUT2D eigenvalue weighted by Crippen LogP contribution is 2.38. The number of rotatable bonds is 8. The summed E-state index contributed by atoms with van der Waals surface area (Å²) < 4.78 is 24.7. The SMILES string of the molecule is CC(CCN1CCN(S(C)(=O)=O)CC1)(C(N)=O)[C@H](CO)c1ccccc1. The minimum Gasteiger partial charge on any atom is -0.396 e. The van der Waals surface area contributed by atoms with Crippen molar-refractivity contribution in [1.29, 1.82) is 0 Å². The summed E-state index contributed by atoms with van der Waals surface area (Å²) in [6.45, 7) is 4.41. The summed E-state index contributed by atoms with van der Waals surface area (Å²) in [7, 11) is -3.16. The third kappa shape index (κ3) is 4.82. The Morgan fingerprint density at radius 2 is 1.81 bits per heavy atom. The van der Waals surface area contributed by atoms with Crippen LogP contribution in [-0.2, 0) is 14.8 Å². The molecule has 1 aromatic carbocycles. The van der Waals surface area contributed by atoms with Crippen molar-refractivity contribution in [3.8, 4) is 0 Å². The van der Waals surface area contributed by atoms with E-state index in [9.17, 15) is 18.3 Å². The normalized spacial score (nSPS) is 20.4. The van der Waals surface area contributed by atoms with E-state index in [0.717, 1.165) is 5.56 Å². The number of aliphatic hydroxyl groups is 1. The van der Waals surface area contributed by atoms with Gasteiger partial charge in [0, 0.05) is 32.1 Å². The van der Waals surface area contributed by atoms with E-state index in [0.29, 0.717) is 39.1 Å². The number of nitrogens with zero attached hydrogens (tertiary/aromatic N) is 2. The Kier molecular flexibility index (Phi) is 6.79. The number of sulfonamides is 1. The van der Waals surface area contributed by atoms with Gasteiger partial charge in [-0.2, -0.15) is 4.31 Å². The molecular formula is C18H29N3O4S. The molecule has 8 heteroatoms. The number of benzene rings is 1.